The van der Waals surface area contributed by atoms with Crippen LogP contribution >= 0.6 is 0 Å². The van der Waals surface area contributed by atoms with Crippen LogP contribution in [0.5, 0.6) is 0 Å². The van der Waals surface area contributed by atoms with Crippen molar-refractivity contribution in [1.29, 1.82) is 0 Å². The monoisotopic (exact) mass is 533 g/mol. The van der Waals surface area contributed by atoms with Gasteiger partial charge in [-0.1, -0.05) is 19.9 Å². The molecule has 0 bridgehead atoms. The number of halogens is 2. The lowest BCUT2D eigenvalue weighted by Gasteiger charge is -2.28. The lowest BCUT2D eigenvalue weighted by Crippen LogP contribution is -2.35. The number of aromatic nitrogens is 4. The summed E-state index contributed by atoms with van der Waals surface area (Å²) < 4.78 is 31.5. The van der Waals surface area contributed by atoms with Crippen LogP contribution < -0.4 is 21.1 Å². The molecule has 0 unspecified atom stereocenters. The maximum absolute atomic E-state index is 14.4. The fraction of sp³-hybridized carbons (Fsp3) is 0.357. The number of nitrogens with zero attached hydrogens (tertiary/aromatic N) is 5. The van der Waals surface area contributed by atoms with E-state index in [-0.39, 0.29) is 17.7 Å². The first-order valence-corrected chi connectivity index (χ1v) is 13.1. The van der Waals surface area contributed by atoms with Gasteiger partial charge in [-0.3, -0.25) is 9.59 Å². The number of benzene rings is 2. The molecule has 202 valence electrons. The molecule has 0 spiro atoms. The maximum Gasteiger partial charge on any atom is 0.276 e. The molecule has 2 aromatic carbocycles. The summed E-state index contributed by atoms with van der Waals surface area (Å²) in [7, 11) is 1.99. The molecule has 2 fully saturated rings. The van der Waals surface area contributed by atoms with E-state index >= 15 is 0 Å². The number of rotatable bonds is 5. The SMILES string of the molecule is CC(C)c1nc2c(N3CC[C@H]4NCC[C@H]43)c(NC(=O)c3ccc(=O)n(-c4c(F)cccc4F)n3)ccc2n1C. The first kappa shape index (κ1) is 25.2. The zero-order valence-corrected chi connectivity index (χ0v) is 21.9. The molecule has 2 aliphatic heterocycles. The molecule has 2 aliphatic rings. The summed E-state index contributed by atoms with van der Waals surface area (Å²) in [6.45, 7) is 5.93. The number of anilines is 2. The van der Waals surface area contributed by atoms with Crippen molar-refractivity contribution < 1.29 is 13.6 Å². The third-order valence-electron chi connectivity index (χ3n) is 7.69. The van der Waals surface area contributed by atoms with Crippen molar-refractivity contribution in [3.63, 3.8) is 0 Å². The van der Waals surface area contributed by atoms with Crippen LogP contribution in [0.15, 0.2) is 47.3 Å². The maximum atomic E-state index is 14.4. The van der Waals surface area contributed by atoms with E-state index in [1.807, 2.05) is 19.2 Å². The molecule has 11 heteroatoms. The van der Waals surface area contributed by atoms with Gasteiger partial charge in [0, 0.05) is 37.7 Å². The van der Waals surface area contributed by atoms with Crippen LogP contribution in [0.4, 0.5) is 20.2 Å². The Kier molecular flexibility index (Phi) is 6.17. The highest BCUT2D eigenvalue weighted by Gasteiger charge is 2.39. The second-order valence-electron chi connectivity index (χ2n) is 10.4. The first-order valence-electron chi connectivity index (χ1n) is 13.1. The van der Waals surface area contributed by atoms with Crippen molar-refractivity contribution in [1.82, 2.24) is 24.6 Å². The molecule has 1 amide bonds. The summed E-state index contributed by atoms with van der Waals surface area (Å²) >= 11 is 0. The second kappa shape index (κ2) is 9.57. The molecular weight excluding hydrogens is 504 g/mol. The highest BCUT2D eigenvalue weighted by atomic mass is 19.1. The number of imidazole rings is 1. The van der Waals surface area contributed by atoms with Crippen LogP contribution in [0.1, 0.15) is 48.9 Å². The van der Waals surface area contributed by atoms with Gasteiger partial charge in [0.15, 0.2) is 11.6 Å². The summed E-state index contributed by atoms with van der Waals surface area (Å²) in [5.41, 5.74) is 1.61. The van der Waals surface area contributed by atoms with Gasteiger partial charge < -0.3 is 20.1 Å². The van der Waals surface area contributed by atoms with Gasteiger partial charge >= 0.3 is 0 Å². The largest absolute Gasteiger partial charge is 0.363 e. The number of nitrogens with one attached hydrogen (secondary N) is 2. The Morgan fingerprint density at radius 1 is 1.08 bits per heavy atom. The van der Waals surface area contributed by atoms with Crippen LogP contribution in [-0.4, -0.2) is 50.4 Å². The number of hydrogen-bond acceptors (Lipinski definition) is 6. The van der Waals surface area contributed by atoms with Gasteiger partial charge in [-0.2, -0.15) is 9.78 Å². The summed E-state index contributed by atoms with van der Waals surface area (Å²) in [5, 5.41) is 10.5. The molecule has 4 heterocycles. The smallest absolute Gasteiger partial charge is 0.276 e. The van der Waals surface area contributed by atoms with Crippen LogP contribution in [0.25, 0.3) is 16.7 Å². The molecule has 2 atom stereocenters. The predicted molar refractivity (Wildman–Crippen MR) is 145 cm³/mol. The van der Waals surface area contributed by atoms with Crippen LogP contribution in [0.3, 0.4) is 0 Å². The Morgan fingerprint density at radius 2 is 1.85 bits per heavy atom. The van der Waals surface area contributed by atoms with E-state index in [0.29, 0.717) is 16.4 Å². The summed E-state index contributed by atoms with van der Waals surface area (Å²) in [5.74, 6) is -1.38. The van der Waals surface area contributed by atoms with E-state index in [2.05, 4.69) is 39.0 Å². The van der Waals surface area contributed by atoms with Gasteiger partial charge in [-0.25, -0.2) is 13.8 Å². The second-order valence-corrected chi connectivity index (χ2v) is 10.4. The lowest BCUT2D eigenvalue weighted by atomic mass is 10.1. The molecule has 4 aromatic rings. The van der Waals surface area contributed by atoms with E-state index in [9.17, 15) is 18.4 Å². The summed E-state index contributed by atoms with van der Waals surface area (Å²) in [6.07, 6.45) is 1.97. The lowest BCUT2D eigenvalue weighted by molar-refractivity contribution is 0.102. The average Bonchev–Trinajstić information content (AvgIpc) is 3.60. The number of hydrogen-bond donors (Lipinski definition) is 2. The number of carbonyl (C=O) groups is 1. The number of amides is 1. The molecule has 2 N–H and O–H groups in total. The van der Waals surface area contributed by atoms with Gasteiger partial charge in [0.2, 0.25) is 0 Å². The third kappa shape index (κ3) is 4.17. The Labute approximate surface area is 223 Å². The van der Waals surface area contributed by atoms with Crippen LogP contribution in [0.2, 0.25) is 0 Å². The minimum atomic E-state index is -0.959. The summed E-state index contributed by atoms with van der Waals surface area (Å²) in [4.78, 5) is 33.2. The topological polar surface area (TPSA) is 97.1 Å². The standard InChI is InChI=1S/C28H29F2N7O2/c1-15(2)27-33-24-22(35(27)3)9-7-19(26(24)36-14-12-18-21(36)11-13-31-18)32-28(39)20-8-10-23(38)37(34-20)25-16(29)5-4-6-17(25)30/h4-10,15,18,21,31H,11-14H2,1-3H3,(H,32,39)/t18-,21-/m1/s1. The zero-order valence-electron chi connectivity index (χ0n) is 21.9. The van der Waals surface area contributed by atoms with Crippen molar-refractivity contribution in [2.75, 3.05) is 23.3 Å². The number of fused-ring (bicyclic) bond motifs is 2. The van der Waals surface area contributed by atoms with Crippen LogP contribution in [-0.2, 0) is 7.05 Å². The first-order chi connectivity index (χ1) is 18.7. The Hall–Kier alpha value is -4.12. The average molecular weight is 534 g/mol. The highest BCUT2D eigenvalue weighted by molar-refractivity contribution is 6.08. The van der Waals surface area contributed by atoms with Crippen molar-refractivity contribution in [3.8, 4) is 5.69 Å². The van der Waals surface area contributed by atoms with E-state index in [0.717, 1.165) is 66.7 Å². The fourth-order valence-corrected chi connectivity index (χ4v) is 5.88. The van der Waals surface area contributed by atoms with E-state index in [1.54, 1.807) is 0 Å². The van der Waals surface area contributed by atoms with Gasteiger partial charge in [0.05, 0.1) is 16.9 Å². The molecule has 6 rings (SSSR count). The molecule has 2 aromatic heterocycles. The Balaban J connectivity index is 1.43. The number of aryl methyl sites for hydroxylation is 1. The molecule has 9 nitrogen and oxygen atoms in total. The third-order valence-corrected chi connectivity index (χ3v) is 7.69. The molecular formula is C28H29F2N7O2. The Morgan fingerprint density at radius 3 is 2.59 bits per heavy atom. The molecule has 0 radical (unpaired) electrons. The fourth-order valence-electron chi connectivity index (χ4n) is 5.88. The van der Waals surface area contributed by atoms with Crippen molar-refractivity contribution in [2.45, 2.75) is 44.7 Å². The number of para-hydroxylation sites is 1. The van der Waals surface area contributed by atoms with Gasteiger partial charge in [0.1, 0.15) is 22.7 Å². The molecule has 39 heavy (non-hydrogen) atoms. The number of carbonyl (C=O) groups excluding carboxylic acids is 1. The van der Waals surface area contributed by atoms with Crippen molar-refractivity contribution in [2.24, 2.45) is 7.05 Å². The van der Waals surface area contributed by atoms with Gasteiger partial charge in [-0.15, -0.1) is 0 Å². The van der Waals surface area contributed by atoms with Crippen molar-refractivity contribution in [3.05, 3.63) is 76.0 Å². The normalized spacial score (nSPS) is 18.8. The molecule has 0 saturated carbocycles. The quantitative estimate of drug-likeness (QED) is 0.406. The minimum Gasteiger partial charge on any atom is -0.363 e. The Bertz CT molecular complexity index is 1640. The summed E-state index contributed by atoms with van der Waals surface area (Å²) in [6, 6.07) is 9.99. The van der Waals surface area contributed by atoms with Gasteiger partial charge in [-0.05, 0) is 49.7 Å². The zero-order chi connectivity index (χ0) is 27.4. The van der Waals surface area contributed by atoms with Crippen LogP contribution in [0, 0.1) is 11.6 Å². The molecule has 2 saturated heterocycles. The van der Waals surface area contributed by atoms with E-state index < -0.39 is 28.8 Å². The van der Waals surface area contributed by atoms with Gasteiger partial charge in [0.25, 0.3) is 11.5 Å². The highest BCUT2D eigenvalue weighted by Crippen LogP contribution is 2.41. The van der Waals surface area contributed by atoms with E-state index in [4.69, 9.17) is 4.98 Å². The molecule has 0 aliphatic carbocycles. The predicted octanol–water partition coefficient (Wildman–Crippen LogP) is 3.71. The van der Waals surface area contributed by atoms with Crippen molar-refractivity contribution >= 4 is 28.3 Å². The van der Waals surface area contributed by atoms with E-state index in [1.165, 1.54) is 12.1 Å². The minimum absolute atomic E-state index is 0.158.